The molecule has 1 atom stereocenters. The number of aromatic hydroxyl groups is 2. The molecular weight excluding hydrogens is 250 g/mol. The Balaban J connectivity index is 0.000000711. The van der Waals surface area contributed by atoms with E-state index in [0.29, 0.717) is 12.1 Å². The molecular formula is C13H21NO5. The Kier molecular flexibility index (Phi) is 8.32. The summed E-state index contributed by atoms with van der Waals surface area (Å²) in [6.45, 7) is 4.42. The largest absolute Gasteiger partial charge is 0.504 e. The van der Waals surface area contributed by atoms with Crippen molar-refractivity contribution in [2.75, 3.05) is 13.1 Å². The molecule has 1 aromatic rings. The molecule has 0 heterocycles. The number of carboxylic acids is 1. The molecule has 0 bridgehead atoms. The summed E-state index contributed by atoms with van der Waals surface area (Å²) in [5.74, 6) is -1.21. The molecule has 1 aromatic carbocycles. The number of phenolic OH excluding ortho intramolecular Hbond substituents is 2. The maximum atomic E-state index is 9.71. The van der Waals surface area contributed by atoms with Gasteiger partial charge in [-0.15, -0.1) is 0 Å². The summed E-state index contributed by atoms with van der Waals surface area (Å²) >= 11 is 0. The van der Waals surface area contributed by atoms with Crippen LogP contribution in [-0.2, 0) is 4.79 Å². The Labute approximate surface area is 112 Å². The molecule has 0 aliphatic carbocycles. The number of hydrogen-bond donors (Lipinski definition) is 5. The predicted molar refractivity (Wildman–Crippen MR) is 71.2 cm³/mol. The van der Waals surface area contributed by atoms with Crippen LogP contribution in [0, 0.1) is 0 Å². The Morgan fingerprint density at radius 1 is 1.32 bits per heavy atom. The second-order valence-electron chi connectivity index (χ2n) is 3.99. The van der Waals surface area contributed by atoms with E-state index in [1.54, 1.807) is 6.07 Å². The highest BCUT2D eigenvalue weighted by atomic mass is 16.4. The van der Waals surface area contributed by atoms with Crippen LogP contribution in [0.3, 0.4) is 0 Å². The molecule has 0 saturated carbocycles. The van der Waals surface area contributed by atoms with E-state index in [0.717, 1.165) is 19.9 Å². The van der Waals surface area contributed by atoms with Gasteiger partial charge in [-0.2, -0.15) is 0 Å². The first kappa shape index (κ1) is 17.2. The second-order valence-corrected chi connectivity index (χ2v) is 3.99. The molecule has 0 radical (unpaired) electrons. The number of carboxylic acid groups (broad SMARTS) is 1. The lowest BCUT2D eigenvalue weighted by atomic mass is 10.1. The smallest absolute Gasteiger partial charge is 0.300 e. The van der Waals surface area contributed by atoms with E-state index >= 15 is 0 Å². The average Bonchev–Trinajstić information content (AvgIpc) is 2.32. The predicted octanol–water partition coefficient (Wildman–Crippen LogP) is 1.22. The number of nitrogens with one attached hydrogen (secondary N) is 1. The Morgan fingerprint density at radius 3 is 2.37 bits per heavy atom. The molecule has 0 aromatic heterocycles. The monoisotopic (exact) mass is 271 g/mol. The third-order valence-electron chi connectivity index (χ3n) is 2.15. The maximum absolute atomic E-state index is 9.71. The number of carbonyl (C=O) groups is 1. The van der Waals surface area contributed by atoms with Crippen LogP contribution in [-0.4, -0.2) is 39.5 Å². The Bertz CT molecular complexity index is 391. The molecule has 0 aliphatic heterocycles. The topological polar surface area (TPSA) is 110 Å². The van der Waals surface area contributed by atoms with E-state index < -0.39 is 12.1 Å². The minimum Gasteiger partial charge on any atom is -0.504 e. The van der Waals surface area contributed by atoms with Gasteiger partial charge < -0.3 is 25.7 Å². The van der Waals surface area contributed by atoms with E-state index in [-0.39, 0.29) is 11.5 Å². The van der Waals surface area contributed by atoms with E-state index in [2.05, 4.69) is 5.32 Å². The number of aliphatic hydroxyl groups excluding tert-OH is 1. The fourth-order valence-corrected chi connectivity index (χ4v) is 1.28. The quantitative estimate of drug-likeness (QED) is 0.407. The highest BCUT2D eigenvalue weighted by Gasteiger charge is 2.09. The highest BCUT2D eigenvalue weighted by molar-refractivity contribution is 5.62. The van der Waals surface area contributed by atoms with Gasteiger partial charge in [0.05, 0.1) is 6.10 Å². The van der Waals surface area contributed by atoms with E-state index in [1.165, 1.54) is 12.1 Å². The number of aliphatic hydroxyl groups is 1. The van der Waals surface area contributed by atoms with Crippen molar-refractivity contribution in [2.24, 2.45) is 0 Å². The van der Waals surface area contributed by atoms with Crippen LogP contribution in [0.2, 0.25) is 0 Å². The number of benzene rings is 1. The zero-order valence-corrected chi connectivity index (χ0v) is 11.1. The first-order valence-electron chi connectivity index (χ1n) is 5.98. The van der Waals surface area contributed by atoms with Gasteiger partial charge in [0.15, 0.2) is 11.5 Å². The fraction of sp³-hybridized carbons (Fsp3) is 0.462. The lowest BCUT2D eigenvalue weighted by Gasteiger charge is -2.12. The van der Waals surface area contributed by atoms with Crippen molar-refractivity contribution in [3.63, 3.8) is 0 Å². The van der Waals surface area contributed by atoms with Crippen LogP contribution < -0.4 is 5.32 Å². The van der Waals surface area contributed by atoms with Gasteiger partial charge >= 0.3 is 0 Å². The minimum absolute atomic E-state index is 0.174. The second kappa shape index (κ2) is 9.18. The van der Waals surface area contributed by atoms with Gasteiger partial charge in [-0.05, 0) is 30.7 Å². The first-order chi connectivity index (χ1) is 8.88. The Morgan fingerprint density at radius 2 is 1.89 bits per heavy atom. The van der Waals surface area contributed by atoms with Gasteiger partial charge in [0, 0.05) is 13.5 Å². The van der Waals surface area contributed by atoms with Crippen molar-refractivity contribution >= 4 is 5.97 Å². The molecule has 0 saturated heterocycles. The van der Waals surface area contributed by atoms with Gasteiger partial charge in [-0.1, -0.05) is 13.0 Å². The summed E-state index contributed by atoms with van der Waals surface area (Å²) < 4.78 is 0. The highest BCUT2D eigenvalue weighted by Crippen LogP contribution is 2.27. The van der Waals surface area contributed by atoms with Crippen molar-refractivity contribution in [1.82, 2.24) is 5.32 Å². The third kappa shape index (κ3) is 8.01. The molecule has 19 heavy (non-hydrogen) atoms. The van der Waals surface area contributed by atoms with Crippen molar-refractivity contribution in [3.05, 3.63) is 23.8 Å². The summed E-state index contributed by atoms with van der Waals surface area (Å²) in [5, 5.41) is 38.5. The first-order valence-corrected chi connectivity index (χ1v) is 5.98. The maximum Gasteiger partial charge on any atom is 0.300 e. The van der Waals surface area contributed by atoms with Gasteiger partial charge in [0.1, 0.15) is 0 Å². The lowest BCUT2D eigenvalue weighted by molar-refractivity contribution is -0.134. The fourth-order valence-electron chi connectivity index (χ4n) is 1.28. The van der Waals surface area contributed by atoms with Crippen LogP contribution in [0.4, 0.5) is 0 Å². The van der Waals surface area contributed by atoms with Crippen LogP contribution in [0.25, 0.3) is 0 Å². The third-order valence-corrected chi connectivity index (χ3v) is 2.15. The van der Waals surface area contributed by atoms with Crippen molar-refractivity contribution < 1.29 is 25.2 Å². The normalized spacial score (nSPS) is 11.3. The summed E-state index contributed by atoms with van der Waals surface area (Å²) in [7, 11) is 0. The van der Waals surface area contributed by atoms with Crippen LogP contribution >= 0.6 is 0 Å². The molecule has 1 unspecified atom stereocenters. The van der Waals surface area contributed by atoms with E-state index in [4.69, 9.17) is 15.0 Å². The molecule has 0 spiro atoms. The average molecular weight is 271 g/mol. The molecule has 6 heteroatoms. The molecule has 5 N–H and O–H groups in total. The zero-order valence-electron chi connectivity index (χ0n) is 11.1. The molecule has 0 aliphatic rings. The van der Waals surface area contributed by atoms with Crippen molar-refractivity contribution in [3.8, 4) is 11.5 Å². The molecule has 0 amide bonds. The van der Waals surface area contributed by atoms with E-state index in [1.807, 2.05) is 6.92 Å². The van der Waals surface area contributed by atoms with Crippen molar-refractivity contribution in [1.29, 1.82) is 0 Å². The van der Waals surface area contributed by atoms with E-state index in [9.17, 15) is 10.2 Å². The van der Waals surface area contributed by atoms with Crippen LogP contribution in [0.1, 0.15) is 31.9 Å². The Hall–Kier alpha value is -1.79. The molecule has 108 valence electrons. The summed E-state index contributed by atoms with van der Waals surface area (Å²) in [6, 6.07) is 4.33. The van der Waals surface area contributed by atoms with Crippen molar-refractivity contribution in [2.45, 2.75) is 26.4 Å². The standard InChI is InChI=1S/C11H17NO3.C2H4O2/c1-2-5-12-7-11(15)8-3-4-9(13)10(14)6-8;1-2(3)4/h3-4,6,11-15H,2,5,7H2,1H3;1H3,(H,3,4). The number of hydrogen-bond acceptors (Lipinski definition) is 5. The molecule has 1 rings (SSSR count). The van der Waals surface area contributed by atoms with Gasteiger partial charge in [0.25, 0.3) is 5.97 Å². The van der Waals surface area contributed by atoms with Gasteiger partial charge in [-0.3, -0.25) is 4.79 Å². The number of rotatable bonds is 5. The molecule has 6 nitrogen and oxygen atoms in total. The molecule has 0 fully saturated rings. The SMILES string of the molecule is CC(=O)O.CCCNCC(O)c1ccc(O)c(O)c1. The van der Waals surface area contributed by atoms with Crippen LogP contribution in [0.15, 0.2) is 18.2 Å². The van der Waals surface area contributed by atoms with Crippen LogP contribution in [0.5, 0.6) is 11.5 Å². The number of aliphatic carboxylic acids is 1. The summed E-state index contributed by atoms with van der Waals surface area (Å²) in [6.07, 6.45) is 0.344. The minimum atomic E-state index is -0.833. The number of phenols is 2. The lowest BCUT2D eigenvalue weighted by Crippen LogP contribution is -2.21. The van der Waals surface area contributed by atoms with Gasteiger partial charge in [0.2, 0.25) is 0 Å². The van der Waals surface area contributed by atoms with Gasteiger partial charge in [-0.25, -0.2) is 0 Å². The zero-order chi connectivity index (χ0) is 14.8. The summed E-state index contributed by atoms with van der Waals surface area (Å²) in [5.41, 5.74) is 0.592. The summed E-state index contributed by atoms with van der Waals surface area (Å²) in [4.78, 5) is 9.00.